The van der Waals surface area contributed by atoms with E-state index in [0.717, 1.165) is 12.1 Å². The fourth-order valence-electron chi connectivity index (χ4n) is 1.16. The smallest absolute Gasteiger partial charge is 0.127 e. The summed E-state index contributed by atoms with van der Waals surface area (Å²) in [5.74, 6) is 0.530. The molecule has 0 aliphatic rings. The number of rotatable bonds is 4. The van der Waals surface area contributed by atoms with Gasteiger partial charge in [0.05, 0.1) is 6.61 Å². The Morgan fingerprint density at radius 2 is 2.00 bits per heavy atom. The molecule has 1 aromatic carbocycles. The van der Waals surface area contributed by atoms with Crippen LogP contribution < -0.4 is 0 Å². The number of likely N-dealkylation sites (N-methyl/N-ethyl adjacent to an activating group) is 1. The number of ether oxygens (including phenoxy) is 1. The maximum absolute atomic E-state index is 7.88. The molecule has 0 bridgehead atoms. The molecule has 0 amide bonds. The van der Waals surface area contributed by atoms with Crippen molar-refractivity contribution < 1.29 is 4.74 Å². The van der Waals surface area contributed by atoms with Crippen molar-refractivity contribution in [3.63, 3.8) is 0 Å². The van der Waals surface area contributed by atoms with Gasteiger partial charge in [0.15, 0.2) is 0 Å². The summed E-state index contributed by atoms with van der Waals surface area (Å²) in [4.78, 5) is 1.87. The van der Waals surface area contributed by atoms with Crippen LogP contribution in [0.5, 0.6) is 0 Å². The molecule has 3 heteroatoms. The van der Waals surface area contributed by atoms with Gasteiger partial charge in [-0.2, -0.15) is 0 Å². The normalized spacial score (nSPS) is 9.86. The highest BCUT2D eigenvalue weighted by atomic mass is 16.5. The summed E-state index contributed by atoms with van der Waals surface area (Å²) in [5, 5.41) is 7.88. The van der Waals surface area contributed by atoms with Crippen molar-refractivity contribution in [3.05, 3.63) is 35.9 Å². The Kier molecular flexibility index (Phi) is 4.13. The van der Waals surface area contributed by atoms with E-state index in [4.69, 9.17) is 10.1 Å². The third-order valence-corrected chi connectivity index (χ3v) is 2.06. The molecule has 0 spiro atoms. The number of amidine groups is 1. The predicted octanol–water partition coefficient (Wildman–Crippen LogP) is 1.59. The van der Waals surface area contributed by atoms with Crippen LogP contribution in [0.1, 0.15) is 5.56 Å². The lowest BCUT2D eigenvalue weighted by molar-refractivity contribution is 0.183. The largest absolute Gasteiger partial charge is 0.383 e. The number of methoxy groups -OCH3 is 1. The summed E-state index contributed by atoms with van der Waals surface area (Å²) in [6.07, 6.45) is 0. The molecule has 0 heterocycles. The summed E-state index contributed by atoms with van der Waals surface area (Å²) in [7, 11) is 3.56. The Morgan fingerprint density at radius 3 is 2.57 bits per heavy atom. The Hall–Kier alpha value is -1.35. The van der Waals surface area contributed by atoms with Gasteiger partial charge in [0.2, 0.25) is 0 Å². The first-order valence-electron chi connectivity index (χ1n) is 4.59. The number of benzene rings is 1. The van der Waals surface area contributed by atoms with Crippen LogP contribution in [0.2, 0.25) is 0 Å². The van der Waals surface area contributed by atoms with E-state index in [1.165, 1.54) is 0 Å². The van der Waals surface area contributed by atoms with Crippen LogP contribution in [0, 0.1) is 5.41 Å². The van der Waals surface area contributed by atoms with Crippen LogP contribution in [0.3, 0.4) is 0 Å². The van der Waals surface area contributed by atoms with E-state index in [0.29, 0.717) is 12.4 Å². The first kappa shape index (κ1) is 10.7. The van der Waals surface area contributed by atoms with E-state index in [2.05, 4.69) is 0 Å². The second kappa shape index (κ2) is 5.40. The number of nitrogens with zero attached hydrogens (tertiary/aromatic N) is 1. The first-order valence-corrected chi connectivity index (χ1v) is 4.59. The van der Waals surface area contributed by atoms with Gasteiger partial charge in [0.25, 0.3) is 0 Å². The molecule has 0 atom stereocenters. The average Bonchev–Trinajstić information content (AvgIpc) is 2.26. The van der Waals surface area contributed by atoms with Crippen molar-refractivity contribution in [1.82, 2.24) is 4.90 Å². The molecule has 0 saturated carbocycles. The zero-order chi connectivity index (χ0) is 10.4. The molecule has 0 saturated heterocycles. The van der Waals surface area contributed by atoms with Gasteiger partial charge in [0, 0.05) is 26.3 Å². The summed E-state index contributed by atoms with van der Waals surface area (Å²) in [6.45, 7) is 1.38. The van der Waals surface area contributed by atoms with Gasteiger partial charge in [-0.25, -0.2) is 0 Å². The monoisotopic (exact) mass is 192 g/mol. The summed E-state index contributed by atoms with van der Waals surface area (Å²) < 4.78 is 4.96. The van der Waals surface area contributed by atoms with Crippen LogP contribution >= 0.6 is 0 Å². The summed E-state index contributed by atoms with van der Waals surface area (Å²) in [6, 6.07) is 9.70. The van der Waals surface area contributed by atoms with Crippen molar-refractivity contribution in [3.8, 4) is 0 Å². The fraction of sp³-hybridized carbons (Fsp3) is 0.364. The molecule has 0 radical (unpaired) electrons. The van der Waals surface area contributed by atoms with E-state index >= 15 is 0 Å². The minimum absolute atomic E-state index is 0.530. The lowest BCUT2D eigenvalue weighted by Gasteiger charge is -2.19. The Balaban J connectivity index is 2.57. The van der Waals surface area contributed by atoms with Crippen molar-refractivity contribution in [2.24, 2.45) is 0 Å². The van der Waals surface area contributed by atoms with Gasteiger partial charge in [-0.1, -0.05) is 30.3 Å². The van der Waals surface area contributed by atoms with Gasteiger partial charge in [-0.3, -0.25) is 5.41 Å². The van der Waals surface area contributed by atoms with Crippen molar-refractivity contribution >= 4 is 5.84 Å². The Labute approximate surface area is 84.8 Å². The van der Waals surface area contributed by atoms with Crippen molar-refractivity contribution in [1.29, 1.82) is 5.41 Å². The van der Waals surface area contributed by atoms with Gasteiger partial charge in [-0.05, 0) is 0 Å². The molecule has 0 unspecified atom stereocenters. The number of nitrogens with one attached hydrogen (secondary N) is 1. The van der Waals surface area contributed by atoms with Gasteiger partial charge in [-0.15, -0.1) is 0 Å². The zero-order valence-corrected chi connectivity index (χ0v) is 8.66. The quantitative estimate of drug-likeness (QED) is 0.581. The number of hydrogen-bond donors (Lipinski definition) is 1. The molecule has 14 heavy (non-hydrogen) atoms. The molecule has 0 aliphatic carbocycles. The lowest BCUT2D eigenvalue weighted by Crippen LogP contribution is -2.29. The van der Waals surface area contributed by atoms with E-state index in [9.17, 15) is 0 Å². The van der Waals surface area contributed by atoms with Crippen LogP contribution in [0.4, 0.5) is 0 Å². The fourth-order valence-corrected chi connectivity index (χ4v) is 1.16. The Bertz CT molecular complexity index is 285. The lowest BCUT2D eigenvalue weighted by atomic mass is 10.2. The molecule has 0 aromatic heterocycles. The summed E-state index contributed by atoms with van der Waals surface area (Å²) >= 11 is 0. The first-order chi connectivity index (χ1) is 6.75. The highest BCUT2D eigenvalue weighted by Gasteiger charge is 2.05. The molecule has 0 fully saturated rings. The van der Waals surface area contributed by atoms with E-state index in [1.54, 1.807) is 7.11 Å². The average molecular weight is 192 g/mol. The van der Waals surface area contributed by atoms with Crippen molar-refractivity contribution in [2.75, 3.05) is 27.3 Å². The van der Waals surface area contributed by atoms with Crippen molar-refractivity contribution in [2.45, 2.75) is 0 Å². The van der Waals surface area contributed by atoms with Gasteiger partial charge in [0.1, 0.15) is 5.84 Å². The zero-order valence-electron chi connectivity index (χ0n) is 8.66. The minimum Gasteiger partial charge on any atom is -0.383 e. The summed E-state index contributed by atoms with van der Waals surface area (Å²) in [5.41, 5.74) is 0.936. The van der Waals surface area contributed by atoms with Crippen LogP contribution in [-0.4, -0.2) is 38.0 Å². The van der Waals surface area contributed by atoms with E-state index < -0.39 is 0 Å². The third kappa shape index (κ3) is 2.85. The molecule has 3 nitrogen and oxygen atoms in total. The van der Waals surface area contributed by atoms with E-state index in [-0.39, 0.29) is 0 Å². The molecule has 1 rings (SSSR count). The van der Waals surface area contributed by atoms with Crippen LogP contribution in [0.25, 0.3) is 0 Å². The van der Waals surface area contributed by atoms with Gasteiger partial charge < -0.3 is 9.64 Å². The molecule has 76 valence electrons. The predicted molar refractivity (Wildman–Crippen MR) is 57.8 cm³/mol. The third-order valence-electron chi connectivity index (χ3n) is 2.06. The molecule has 0 aliphatic heterocycles. The maximum atomic E-state index is 7.88. The second-order valence-corrected chi connectivity index (χ2v) is 3.13. The standard InChI is InChI=1S/C11H16N2O/c1-13(8-9-14-2)11(12)10-6-4-3-5-7-10/h3-7,12H,8-9H2,1-2H3. The maximum Gasteiger partial charge on any atom is 0.127 e. The number of hydrogen-bond acceptors (Lipinski definition) is 2. The van der Waals surface area contributed by atoms with Gasteiger partial charge >= 0.3 is 0 Å². The molecular weight excluding hydrogens is 176 g/mol. The minimum atomic E-state index is 0.530. The topological polar surface area (TPSA) is 36.3 Å². The van der Waals surface area contributed by atoms with Crippen LogP contribution in [-0.2, 0) is 4.74 Å². The highest BCUT2D eigenvalue weighted by molar-refractivity contribution is 5.96. The molecule has 1 N–H and O–H groups in total. The van der Waals surface area contributed by atoms with Crippen LogP contribution in [0.15, 0.2) is 30.3 Å². The van der Waals surface area contributed by atoms with E-state index in [1.807, 2.05) is 42.3 Å². The molecular formula is C11H16N2O. The Morgan fingerprint density at radius 1 is 1.36 bits per heavy atom. The SMILES string of the molecule is COCCN(C)C(=N)c1ccccc1. The highest BCUT2D eigenvalue weighted by Crippen LogP contribution is 2.02. The second-order valence-electron chi connectivity index (χ2n) is 3.13. The molecule has 1 aromatic rings.